The van der Waals surface area contributed by atoms with Crippen LogP contribution in [0, 0.1) is 28.1 Å². The molecule has 490 valence electrons. The SMILES string of the molecule is CC.CCCC.CCCCOCCOCCOCCOCCn1cc(COCCOCCOCCOCCOc2ccc(OC3CC4(C3)CC(C(=N)N(C(C)=N)C(C)CN(C)CCC(c3ccccc3)C3CCC(F)(F)CC3)C4)cc2)nn1.NC=O. The predicted octanol–water partition coefficient (Wildman–Crippen LogP) is 11.3. The van der Waals surface area contributed by atoms with E-state index in [0.717, 1.165) is 75.3 Å². The predicted molar refractivity (Wildman–Crippen MR) is 334 cm³/mol. The molecule has 3 aliphatic carbocycles. The van der Waals surface area contributed by atoms with Crippen LogP contribution in [0.5, 0.6) is 11.5 Å². The summed E-state index contributed by atoms with van der Waals surface area (Å²) in [5, 5.41) is 26.1. The highest BCUT2D eigenvalue weighted by atomic mass is 19.3. The van der Waals surface area contributed by atoms with Gasteiger partial charge in [-0.1, -0.05) is 89.4 Å². The number of primary amides is 1. The zero-order chi connectivity index (χ0) is 62.7. The molecule has 0 aliphatic heterocycles. The maximum absolute atomic E-state index is 14.1. The number of nitrogens with two attached hydrogens (primary N) is 1. The normalized spacial score (nSPS) is 18.4. The van der Waals surface area contributed by atoms with Crippen LogP contribution in [0.15, 0.2) is 60.8 Å². The second kappa shape index (κ2) is 45.5. The number of likely N-dealkylation sites (N-methyl/N-ethyl adjacent to an activating group) is 1. The summed E-state index contributed by atoms with van der Waals surface area (Å²) in [6.45, 7) is 25.1. The van der Waals surface area contributed by atoms with Gasteiger partial charge in [-0.25, -0.2) is 13.5 Å². The van der Waals surface area contributed by atoms with Gasteiger partial charge in [0, 0.05) is 38.0 Å². The Bertz CT molecular complexity index is 2160. The maximum atomic E-state index is 14.1. The summed E-state index contributed by atoms with van der Waals surface area (Å²) in [7, 11) is 2.10. The van der Waals surface area contributed by atoms with Gasteiger partial charge in [-0.05, 0) is 126 Å². The van der Waals surface area contributed by atoms with Crippen LogP contribution in [0.1, 0.15) is 149 Å². The van der Waals surface area contributed by atoms with Crippen LogP contribution in [-0.4, -0.2) is 187 Å². The number of carbonyl (C=O) groups excluding carboxylic acids is 1. The van der Waals surface area contributed by atoms with Crippen molar-refractivity contribution in [2.75, 3.05) is 126 Å². The second-order valence-corrected chi connectivity index (χ2v) is 22.3. The van der Waals surface area contributed by atoms with E-state index in [1.54, 1.807) is 11.6 Å². The summed E-state index contributed by atoms with van der Waals surface area (Å²) in [6.07, 6.45) is 12.9. The molecule has 3 aliphatic rings. The van der Waals surface area contributed by atoms with Crippen molar-refractivity contribution in [3.05, 3.63) is 72.1 Å². The van der Waals surface area contributed by atoms with E-state index in [1.807, 2.05) is 67.4 Å². The molecule has 4 N–H and O–H groups in total. The number of ether oxygens (including phenoxy) is 10. The van der Waals surface area contributed by atoms with Gasteiger partial charge < -0.3 is 62.9 Å². The fraction of sp³-hybridized carbons (Fsp3) is 0.738. The number of amides is 1. The fourth-order valence-electron chi connectivity index (χ4n) is 10.8. The molecule has 0 bridgehead atoms. The van der Waals surface area contributed by atoms with Crippen LogP contribution in [0.25, 0.3) is 0 Å². The summed E-state index contributed by atoms with van der Waals surface area (Å²) >= 11 is 0. The Kier molecular flexibility index (Phi) is 40.0. The number of alkyl halides is 2. The molecule has 3 saturated carbocycles. The van der Waals surface area contributed by atoms with E-state index >= 15 is 0 Å². The second-order valence-electron chi connectivity index (χ2n) is 22.3. The Morgan fingerprint density at radius 2 is 1.22 bits per heavy atom. The van der Waals surface area contributed by atoms with Crippen LogP contribution in [-0.2, 0) is 55.8 Å². The molecule has 3 fully saturated rings. The molecular formula is C65H110F2N8O11. The van der Waals surface area contributed by atoms with Crippen LogP contribution >= 0.6 is 0 Å². The van der Waals surface area contributed by atoms with Gasteiger partial charge in [-0.2, -0.15) is 0 Å². The fourth-order valence-corrected chi connectivity index (χ4v) is 10.8. The molecule has 86 heavy (non-hydrogen) atoms. The average Bonchev–Trinajstić information content (AvgIpc) is 1.79. The zero-order valence-electron chi connectivity index (χ0n) is 53.6. The minimum Gasteiger partial charge on any atom is -0.491 e. The number of unbranched alkanes of at least 4 members (excludes halogenated alkanes) is 2. The van der Waals surface area contributed by atoms with Crippen molar-refractivity contribution in [3.8, 4) is 11.5 Å². The summed E-state index contributed by atoms with van der Waals surface area (Å²) in [6, 6.07) is 18.1. The Morgan fingerprint density at radius 3 is 1.74 bits per heavy atom. The molecule has 19 nitrogen and oxygen atoms in total. The lowest BCUT2D eigenvalue weighted by molar-refractivity contribution is -0.106. The van der Waals surface area contributed by atoms with Crippen LogP contribution in [0.4, 0.5) is 8.78 Å². The van der Waals surface area contributed by atoms with Gasteiger partial charge in [0.1, 0.15) is 29.6 Å². The van der Waals surface area contributed by atoms with Gasteiger partial charge in [-0.15, -0.1) is 5.10 Å². The minimum absolute atomic E-state index is 0.0272. The van der Waals surface area contributed by atoms with Crippen molar-refractivity contribution in [1.82, 2.24) is 24.8 Å². The van der Waals surface area contributed by atoms with Crippen molar-refractivity contribution >= 4 is 18.1 Å². The third-order valence-corrected chi connectivity index (χ3v) is 15.4. The first-order valence-electron chi connectivity index (χ1n) is 31.9. The number of rotatable bonds is 42. The molecule has 2 atom stereocenters. The van der Waals surface area contributed by atoms with Gasteiger partial charge in [-0.3, -0.25) is 15.6 Å². The number of hydrogen-bond donors (Lipinski definition) is 3. The van der Waals surface area contributed by atoms with E-state index in [2.05, 4.69) is 67.8 Å². The van der Waals surface area contributed by atoms with Crippen molar-refractivity contribution in [3.63, 3.8) is 0 Å². The molecule has 1 spiro atoms. The van der Waals surface area contributed by atoms with Crippen molar-refractivity contribution in [1.29, 1.82) is 10.8 Å². The van der Waals surface area contributed by atoms with E-state index in [1.165, 1.54) is 18.4 Å². The molecule has 2 unspecified atom stereocenters. The smallest absolute Gasteiger partial charge is 0.248 e. The van der Waals surface area contributed by atoms with Crippen molar-refractivity contribution < 1.29 is 60.9 Å². The van der Waals surface area contributed by atoms with Crippen molar-refractivity contribution in [2.45, 2.75) is 169 Å². The number of halogens is 2. The zero-order valence-corrected chi connectivity index (χ0v) is 53.6. The molecule has 2 aromatic carbocycles. The Morgan fingerprint density at radius 1 is 0.721 bits per heavy atom. The number of carbonyl (C=O) groups is 1. The van der Waals surface area contributed by atoms with Crippen LogP contribution < -0.4 is 15.2 Å². The molecule has 6 rings (SSSR count). The molecule has 1 amide bonds. The lowest BCUT2D eigenvalue weighted by Gasteiger charge is -2.58. The number of amidine groups is 2. The Hall–Kier alpha value is -4.71. The van der Waals surface area contributed by atoms with Crippen LogP contribution in [0.2, 0.25) is 0 Å². The average molecular weight is 1220 g/mol. The monoisotopic (exact) mass is 1220 g/mol. The maximum Gasteiger partial charge on any atom is 0.248 e. The summed E-state index contributed by atoms with van der Waals surface area (Å²) in [5.41, 5.74) is 6.35. The molecule has 1 heterocycles. The van der Waals surface area contributed by atoms with E-state index in [-0.39, 0.29) is 54.6 Å². The molecule has 21 heteroatoms. The van der Waals surface area contributed by atoms with Gasteiger partial charge in [0.2, 0.25) is 12.3 Å². The first-order valence-corrected chi connectivity index (χ1v) is 31.9. The van der Waals surface area contributed by atoms with Gasteiger partial charge in [0.25, 0.3) is 0 Å². The van der Waals surface area contributed by atoms with Crippen molar-refractivity contribution in [2.24, 2.45) is 23.0 Å². The first-order chi connectivity index (χ1) is 41.7. The molecule has 1 aromatic heterocycles. The molecular weight excluding hydrogens is 1110 g/mol. The highest BCUT2D eigenvalue weighted by molar-refractivity contribution is 5.99. The third kappa shape index (κ3) is 31.0. The van der Waals surface area contributed by atoms with E-state index < -0.39 is 5.92 Å². The van der Waals surface area contributed by atoms with E-state index in [0.29, 0.717) is 143 Å². The first kappa shape index (κ1) is 75.5. The summed E-state index contributed by atoms with van der Waals surface area (Å²) < 4.78 is 86.7. The topological polar surface area (TPSA) is 220 Å². The van der Waals surface area contributed by atoms with E-state index in [4.69, 9.17) is 57.6 Å². The van der Waals surface area contributed by atoms with Crippen LogP contribution in [0.3, 0.4) is 0 Å². The minimum atomic E-state index is -2.54. The summed E-state index contributed by atoms with van der Waals surface area (Å²) in [4.78, 5) is 12.8. The lowest BCUT2D eigenvalue weighted by Crippen LogP contribution is -2.57. The lowest BCUT2D eigenvalue weighted by atomic mass is 9.50. The largest absolute Gasteiger partial charge is 0.491 e. The van der Waals surface area contributed by atoms with Gasteiger partial charge in [0.15, 0.2) is 0 Å². The standard InChI is InChI=1S/C58H91F2N7O10.C4H10.C2H6.CH3NO/c1-5-6-23-68-25-27-70-29-30-71-28-26-69-24-22-66-44-51(63-64-66)45-75-36-35-73-32-31-72-33-34-74-37-38-76-52-12-14-53(15-13-52)77-54-41-57(42-54)39-50(40-57)56(62)67(47(3)61)46(2)43-65(4)21-18-55(48-10-8-7-9-11-48)49-16-19-58(59,60)20-17-49;1-3-4-2;1-2;2-1-3/h7-15,44,46,49-50,54-55,61-62H,5-6,16-43,45H2,1-4H3;3-4H2,1-2H3;1-2H3;1H,(H2,2,3). The van der Waals surface area contributed by atoms with E-state index in [9.17, 15) is 14.2 Å². The quantitative estimate of drug-likeness (QED) is 0.0208. The summed E-state index contributed by atoms with van der Waals surface area (Å²) in [5.74, 6) is 0.583. The number of aromatic nitrogens is 3. The number of nitrogens with zero attached hydrogens (tertiary/aromatic N) is 5. The Labute approximate surface area is 514 Å². The highest BCUT2D eigenvalue weighted by Gasteiger charge is 2.55. The van der Waals surface area contributed by atoms with Gasteiger partial charge in [0.05, 0.1) is 124 Å². The highest BCUT2D eigenvalue weighted by Crippen LogP contribution is 2.60. The molecule has 3 aromatic rings. The number of benzene rings is 2. The molecule has 0 saturated heterocycles. The number of nitrogens with one attached hydrogen (secondary N) is 2. The Balaban J connectivity index is 0.00000202. The third-order valence-electron chi connectivity index (χ3n) is 15.4. The molecule has 0 radical (unpaired) electrons. The number of hydrogen-bond acceptors (Lipinski definition) is 16. The van der Waals surface area contributed by atoms with Gasteiger partial charge >= 0.3 is 0 Å².